The van der Waals surface area contributed by atoms with Gasteiger partial charge in [0.2, 0.25) is 5.78 Å². The van der Waals surface area contributed by atoms with E-state index in [2.05, 4.69) is 5.10 Å². The molecular weight excluding hydrogens is 380 g/mol. The highest BCUT2D eigenvalue weighted by molar-refractivity contribution is 6.13. The summed E-state index contributed by atoms with van der Waals surface area (Å²) < 4.78 is 12.1. The number of aromatic nitrogens is 2. The molecule has 3 aromatic carbocycles. The van der Waals surface area contributed by atoms with Gasteiger partial charge in [-0.15, -0.1) is 0 Å². The van der Waals surface area contributed by atoms with Crippen LogP contribution >= 0.6 is 0 Å². The zero-order valence-electron chi connectivity index (χ0n) is 16.0. The number of rotatable bonds is 4. The highest BCUT2D eigenvalue weighted by Crippen LogP contribution is 2.29. The van der Waals surface area contributed by atoms with E-state index in [0.717, 1.165) is 16.2 Å². The molecule has 0 saturated heterocycles. The molecule has 6 heteroatoms. The van der Waals surface area contributed by atoms with Gasteiger partial charge in [0.25, 0.3) is 0 Å². The summed E-state index contributed by atoms with van der Waals surface area (Å²) in [4.78, 5) is 25.4. The SMILES string of the molecule is COC(=O)c1cc(C(=O)c2cc3c(ccc4ccccc43)o2)n(-c2ccccc2)n1. The molecule has 0 aliphatic rings. The molecule has 0 bridgehead atoms. The standard InChI is InChI=1S/C24H16N2O4/c1-29-24(28)19-14-20(26(25-19)16-8-3-2-4-9-16)23(27)22-13-18-17-10-6-5-7-15(17)11-12-21(18)30-22/h2-14H,1H3. The minimum Gasteiger partial charge on any atom is -0.464 e. The molecule has 0 amide bonds. The van der Waals surface area contributed by atoms with Gasteiger partial charge < -0.3 is 9.15 Å². The predicted molar refractivity (Wildman–Crippen MR) is 112 cm³/mol. The molecule has 2 aromatic heterocycles. The van der Waals surface area contributed by atoms with Crippen LogP contribution in [0.2, 0.25) is 0 Å². The summed E-state index contributed by atoms with van der Waals surface area (Å²) in [7, 11) is 1.27. The zero-order valence-corrected chi connectivity index (χ0v) is 16.0. The molecule has 0 unspecified atom stereocenters. The number of nitrogens with zero attached hydrogens (tertiary/aromatic N) is 2. The molecule has 0 saturated carbocycles. The van der Waals surface area contributed by atoms with Gasteiger partial charge in [0.05, 0.1) is 12.8 Å². The second kappa shape index (κ2) is 7.00. The zero-order chi connectivity index (χ0) is 20.7. The summed E-state index contributed by atoms with van der Waals surface area (Å²) in [5, 5.41) is 7.20. The topological polar surface area (TPSA) is 74.3 Å². The second-order valence-electron chi connectivity index (χ2n) is 6.79. The van der Waals surface area contributed by atoms with E-state index in [1.54, 1.807) is 18.2 Å². The highest BCUT2D eigenvalue weighted by Gasteiger charge is 2.24. The van der Waals surface area contributed by atoms with Crippen LogP contribution in [0.4, 0.5) is 0 Å². The van der Waals surface area contributed by atoms with Crippen LogP contribution in [0.3, 0.4) is 0 Å². The Hall–Kier alpha value is -4.19. The molecule has 0 aliphatic heterocycles. The van der Waals surface area contributed by atoms with Gasteiger partial charge in [-0.05, 0) is 35.0 Å². The second-order valence-corrected chi connectivity index (χ2v) is 6.79. The highest BCUT2D eigenvalue weighted by atomic mass is 16.5. The minimum absolute atomic E-state index is 0.0475. The summed E-state index contributed by atoms with van der Waals surface area (Å²) in [6.07, 6.45) is 0. The number of carbonyl (C=O) groups is 2. The van der Waals surface area contributed by atoms with Crippen LogP contribution in [0.25, 0.3) is 27.4 Å². The van der Waals surface area contributed by atoms with Crippen molar-refractivity contribution in [3.63, 3.8) is 0 Å². The lowest BCUT2D eigenvalue weighted by atomic mass is 10.1. The number of esters is 1. The van der Waals surface area contributed by atoms with E-state index < -0.39 is 5.97 Å². The van der Waals surface area contributed by atoms with Gasteiger partial charge in [-0.25, -0.2) is 9.48 Å². The molecule has 146 valence electrons. The number of hydrogen-bond acceptors (Lipinski definition) is 5. The molecule has 0 atom stereocenters. The predicted octanol–water partition coefficient (Wildman–Crippen LogP) is 4.79. The van der Waals surface area contributed by atoms with Crippen molar-refractivity contribution in [3.05, 3.63) is 96.0 Å². The van der Waals surface area contributed by atoms with Gasteiger partial charge in [-0.1, -0.05) is 48.5 Å². The van der Waals surface area contributed by atoms with Crippen molar-refractivity contribution in [3.8, 4) is 5.69 Å². The third kappa shape index (κ3) is 2.86. The Morgan fingerprint density at radius 2 is 1.67 bits per heavy atom. The van der Waals surface area contributed by atoms with Gasteiger partial charge in [-0.2, -0.15) is 5.10 Å². The van der Waals surface area contributed by atoms with Crippen LogP contribution in [-0.4, -0.2) is 28.6 Å². The first-order valence-corrected chi connectivity index (χ1v) is 9.35. The first kappa shape index (κ1) is 17.9. The van der Waals surface area contributed by atoms with Crippen molar-refractivity contribution in [1.29, 1.82) is 0 Å². The lowest BCUT2D eigenvalue weighted by Crippen LogP contribution is -2.09. The van der Waals surface area contributed by atoms with Crippen molar-refractivity contribution >= 4 is 33.5 Å². The van der Waals surface area contributed by atoms with E-state index in [-0.39, 0.29) is 22.9 Å². The van der Waals surface area contributed by atoms with E-state index in [9.17, 15) is 9.59 Å². The average Bonchev–Trinajstić information content (AvgIpc) is 3.44. The molecule has 0 fully saturated rings. The number of hydrogen-bond donors (Lipinski definition) is 0. The summed E-state index contributed by atoms with van der Waals surface area (Å²) in [5.74, 6) is -0.814. The van der Waals surface area contributed by atoms with Gasteiger partial charge in [-0.3, -0.25) is 4.79 Å². The molecule has 6 nitrogen and oxygen atoms in total. The van der Waals surface area contributed by atoms with Gasteiger partial charge >= 0.3 is 5.97 Å². The normalized spacial score (nSPS) is 11.1. The van der Waals surface area contributed by atoms with Crippen molar-refractivity contribution in [2.75, 3.05) is 7.11 Å². The van der Waals surface area contributed by atoms with Crippen molar-refractivity contribution < 1.29 is 18.7 Å². The maximum atomic E-state index is 13.4. The smallest absolute Gasteiger partial charge is 0.358 e. The third-order valence-corrected chi connectivity index (χ3v) is 4.99. The Morgan fingerprint density at radius 1 is 0.900 bits per heavy atom. The molecule has 5 rings (SSSR count). The molecule has 0 aliphatic carbocycles. The fraction of sp³-hybridized carbons (Fsp3) is 0.0417. The van der Waals surface area contributed by atoms with Crippen LogP contribution in [-0.2, 0) is 4.74 Å². The quantitative estimate of drug-likeness (QED) is 0.323. The molecule has 0 radical (unpaired) electrons. The van der Waals surface area contributed by atoms with Crippen LogP contribution in [0, 0.1) is 0 Å². The monoisotopic (exact) mass is 396 g/mol. The lowest BCUT2D eigenvalue weighted by Gasteiger charge is -2.05. The first-order valence-electron chi connectivity index (χ1n) is 9.35. The first-order chi connectivity index (χ1) is 14.7. The number of methoxy groups -OCH3 is 1. The molecule has 0 N–H and O–H groups in total. The number of para-hydroxylation sites is 1. The maximum Gasteiger partial charge on any atom is 0.358 e. The Kier molecular flexibility index (Phi) is 4.17. The van der Waals surface area contributed by atoms with Crippen molar-refractivity contribution in [1.82, 2.24) is 9.78 Å². The van der Waals surface area contributed by atoms with Gasteiger partial charge in [0, 0.05) is 11.5 Å². The number of ether oxygens (including phenoxy) is 1. The van der Waals surface area contributed by atoms with Gasteiger partial charge in [0.15, 0.2) is 11.5 Å². The number of furan rings is 1. The van der Waals surface area contributed by atoms with E-state index >= 15 is 0 Å². The fourth-order valence-corrected chi connectivity index (χ4v) is 3.54. The number of fused-ring (bicyclic) bond motifs is 3. The molecule has 5 aromatic rings. The summed E-state index contributed by atoms with van der Waals surface area (Å²) >= 11 is 0. The van der Waals surface area contributed by atoms with E-state index in [0.29, 0.717) is 11.3 Å². The summed E-state index contributed by atoms with van der Waals surface area (Å²) in [6.45, 7) is 0. The number of carbonyl (C=O) groups excluding carboxylic acids is 2. The van der Waals surface area contributed by atoms with Crippen LogP contribution in [0.15, 0.2) is 83.3 Å². The minimum atomic E-state index is -0.616. The number of ketones is 1. The van der Waals surface area contributed by atoms with Crippen LogP contribution in [0.5, 0.6) is 0 Å². The van der Waals surface area contributed by atoms with E-state index in [4.69, 9.17) is 9.15 Å². The average molecular weight is 396 g/mol. The fourth-order valence-electron chi connectivity index (χ4n) is 3.54. The van der Waals surface area contributed by atoms with Crippen LogP contribution < -0.4 is 0 Å². The van der Waals surface area contributed by atoms with E-state index in [1.165, 1.54) is 17.9 Å². The van der Waals surface area contributed by atoms with Crippen molar-refractivity contribution in [2.45, 2.75) is 0 Å². The molecule has 30 heavy (non-hydrogen) atoms. The van der Waals surface area contributed by atoms with Crippen LogP contribution in [0.1, 0.15) is 26.7 Å². The Labute approximate surface area is 171 Å². The third-order valence-electron chi connectivity index (χ3n) is 4.99. The number of benzene rings is 3. The Balaban J connectivity index is 1.66. The molecular formula is C24H16N2O4. The molecule has 2 heterocycles. The Bertz CT molecular complexity index is 1410. The maximum absolute atomic E-state index is 13.4. The summed E-state index contributed by atoms with van der Waals surface area (Å²) in [5.41, 5.74) is 1.53. The Morgan fingerprint density at radius 3 is 2.47 bits per heavy atom. The lowest BCUT2D eigenvalue weighted by molar-refractivity contribution is 0.0593. The molecule has 0 spiro atoms. The summed E-state index contributed by atoms with van der Waals surface area (Å²) in [6, 6.07) is 24.0. The van der Waals surface area contributed by atoms with Crippen molar-refractivity contribution in [2.24, 2.45) is 0 Å². The van der Waals surface area contributed by atoms with E-state index in [1.807, 2.05) is 54.6 Å². The van der Waals surface area contributed by atoms with Gasteiger partial charge in [0.1, 0.15) is 11.3 Å². The largest absolute Gasteiger partial charge is 0.464 e.